The van der Waals surface area contributed by atoms with Crippen molar-refractivity contribution in [1.82, 2.24) is 9.88 Å². The first-order valence-electron chi connectivity index (χ1n) is 8.97. The van der Waals surface area contributed by atoms with Crippen molar-refractivity contribution in [3.05, 3.63) is 82.3 Å². The largest absolute Gasteiger partial charge is 0.497 e. The number of aromatic nitrogens is 1. The molecule has 140 valence electrons. The molecule has 1 unspecified atom stereocenters. The van der Waals surface area contributed by atoms with Gasteiger partial charge in [0.1, 0.15) is 5.75 Å². The molecule has 1 aromatic carbocycles. The van der Waals surface area contributed by atoms with Gasteiger partial charge in [-0.2, -0.15) is 0 Å². The van der Waals surface area contributed by atoms with Crippen LogP contribution in [0, 0.1) is 0 Å². The molecule has 5 heteroatoms. The normalized spacial score (nSPS) is 11.8. The molecule has 2 aromatic heterocycles. The minimum atomic E-state index is -0.197. The number of nitrogens with zero attached hydrogens (tertiary/aromatic N) is 2. The zero-order valence-electron chi connectivity index (χ0n) is 15.7. The van der Waals surface area contributed by atoms with Crippen LogP contribution in [-0.4, -0.2) is 36.5 Å². The van der Waals surface area contributed by atoms with Gasteiger partial charge in [0.2, 0.25) is 5.91 Å². The van der Waals surface area contributed by atoms with Gasteiger partial charge in [-0.3, -0.25) is 9.78 Å². The van der Waals surface area contributed by atoms with Crippen LogP contribution in [0.3, 0.4) is 0 Å². The lowest BCUT2D eigenvalue weighted by Crippen LogP contribution is -2.34. The summed E-state index contributed by atoms with van der Waals surface area (Å²) in [6, 6.07) is 15.9. The summed E-state index contributed by atoms with van der Waals surface area (Å²) in [7, 11) is 3.53. The topological polar surface area (TPSA) is 42.4 Å². The van der Waals surface area contributed by atoms with Crippen LogP contribution in [0.2, 0.25) is 0 Å². The molecule has 0 saturated heterocycles. The molecular weight excluding hydrogens is 356 g/mol. The number of likely N-dealkylation sites (N-methyl/N-ethyl adjacent to an activating group) is 1. The molecule has 0 N–H and O–H groups in total. The van der Waals surface area contributed by atoms with E-state index in [1.54, 1.807) is 30.8 Å². The van der Waals surface area contributed by atoms with Crippen molar-refractivity contribution < 1.29 is 9.53 Å². The Morgan fingerprint density at radius 3 is 2.52 bits per heavy atom. The Balaban J connectivity index is 1.74. The van der Waals surface area contributed by atoms with Gasteiger partial charge >= 0.3 is 0 Å². The smallest absolute Gasteiger partial charge is 0.230 e. The van der Waals surface area contributed by atoms with E-state index in [9.17, 15) is 4.79 Å². The number of thiophene rings is 1. The van der Waals surface area contributed by atoms with Gasteiger partial charge < -0.3 is 9.64 Å². The SMILES string of the molecule is COc1ccc(C(Cc2cccs2)C(=O)N(C)CCc2ccncc2)cc1. The van der Waals surface area contributed by atoms with Crippen LogP contribution in [0.25, 0.3) is 0 Å². The van der Waals surface area contributed by atoms with Crippen molar-refractivity contribution in [2.24, 2.45) is 0 Å². The first-order valence-corrected chi connectivity index (χ1v) is 9.85. The maximum absolute atomic E-state index is 13.2. The van der Waals surface area contributed by atoms with Crippen molar-refractivity contribution in [1.29, 1.82) is 0 Å². The molecule has 0 radical (unpaired) electrons. The quantitative estimate of drug-likeness (QED) is 0.589. The van der Waals surface area contributed by atoms with Gasteiger partial charge in [-0.15, -0.1) is 11.3 Å². The lowest BCUT2D eigenvalue weighted by atomic mass is 9.93. The van der Waals surface area contributed by atoms with Gasteiger partial charge in [0.25, 0.3) is 0 Å². The summed E-state index contributed by atoms with van der Waals surface area (Å²) in [5.74, 6) is 0.742. The zero-order chi connectivity index (χ0) is 19.1. The maximum atomic E-state index is 13.2. The van der Waals surface area contributed by atoms with Crippen LogP contribution in [0.5, 0.6) is 5.75 Å². The lowest BCUT2D eigenvalue weighted by Gasteiger charge is -2.24. The Kier molecular flexibility index (Phi) is 6.60. The van der Waals surface area contributed by atoms with Crippen LogP contribution in [0.4, 0.5) is 0 Å². The van der Waals surface area contributed by atoms with Gasteiger partial charge in [0.05, 0.1) is 13.0 Å². The van der Waals surface area contributed by atoms with E-state index in [1.165, 1.54) is 10.4 Å². The molecule has 0 saturated carbocycles. The van der Waals surface area contributed by atoms with E-state index >= 15 is 0 Å². The van der Waals surface area contributed by atoms with Crippen molar-refractivity contribution in [2.75, 3.05) is 20.7 Å². The van der Waals surface area contributed by atoms with Gasteiger partial charge in [-0.25, -0.2) is 0 Å². The molecule has 27 heavy (non-hydrogen) atoms. The monoisotopic (exact) mass is 380 g/mol. The number of ether oxygens (including phenoxy) is 1. The molecule has 1 amide bonds. The highest BCUT2D eigenvalue weighted by Gasteiger charge is 2.24. The van der Waals surface area contributed by atoms with E-state index < -0.39 is 0 Å². The zero-order valence-corrected chi connectivity index (χ0v) is 16.5. The minimum absolute atomic E-state index is 0.141. The average molecular weight is 381 g/mol. The van der Waals surface area contributed by atoms with Gasteiger partial charge in [-0.1, -0.05) is 18.2 Å². The number of hydrogen-bond acceptors (Lipinski definition) is 4. The summed E-state index contributed by atoms with van der Waals surface area (Å²) < 4.78 is 5.25. The van der Waals surface area contributed by atoms with Crippen molar-refractivity contribution >= 4 is 17.2 Å². The molecule has 4 nitrogen and oxygen atoms in total. The van der Waals surface area contributed by atoms with Crippen LogP contribution >= 0.6 is 11.3 Å². The van der Waals surface area contributed by atoms with Gasteiger partial charge in [-0.05, 0) is 59.7 Å². The second-order valence-corrected chi connectivity index (χ2v) is 7.51. The van der Waals surface area contributed by atoms with E-state index in [-0.39, 0.29) is 11.8 Å². The van der Waals surface area contributed by atoms with E-state index in [0.717, 1.165) is 17.7 Å². The Morgan fingerprint density at radius 1 is 1.15 bits per heavy atom. The highest BCUT2D eigenvalue weighted by atomic mass is 32.1. The number of carbonyl (C=O) groups is 1. The number of methoxy groups -OCH3 is 1. The minimum Gasteiger partial charge on any atom is -0.497 e. The fourth-order valence-electron chi connectivity index (χ4n) is 3.04. The van der Waals surface area contributed by atoms with Crippen LogP contribution in [-0.2, 0) is 17.6 Å². The van der Waals surface area contributed by atoms with Gasteiger partial charge in [0.15, 0.2) is 0 Å². The molecule has 3 rings (SSSR count). The van der Waals surface area contributed by atoms with Crippen molar-refractivity contribution in [3.8, 4) is 5.75 Å². The van der Waals surface area contributed by atoms with E-state index in [4.69, 9.17) is 4.74 Å². The average Bonchev–Trinajstić information content (AvgIpc) is 3.24. The van der Waals surface area contributed by atoms with E-state index in [1.807, 2.05) is 54.4 Å². The second kappa shape index (κ2) is 9.33. The first kappa shape index (κ1) is 19.1. The Hall–Kier alpha value is -2.66. The number of hydrogen-bond donors (Lipinski definition) is 0. The summed E-state index contributed by atoms with van der Waals surface area (Å²) in [5, 5.41) is 2.05. The number of pyridine rings is 1. The van der Waals surface area contributed by atoms with Gasteiger partial charge in [0, 0.05) is 30.9 Å². The number of benzene rings is 1. The fourth-order valence-corrected chi connectivity index (χ4v) is 3.79. The third-order valence-electron chi connectivity index (χ3n) is 4.66. The summed E-state index contributed by atoms with van der Waals surface area (Å²) >= 11 is 1.69. The molecule has 0 bridgehead atoms. The molecule has 2 heterocycles. The molecule has 3 aromatic rings. The summed E-state index contributed by atoms with van der Waals surface area (Å²) in [6.07, 6.45) is 5.10. The van der Waals surface area contributed by atoms with E-state index in [0.29, 0.717) is 13.0 Å². The highest BCUT2D eigenvalue weighted by molar-refractivity contribution is 7.09. The Morgan fingerprint density at radius 2 is 1.89 bits per heavy atom. The third kappa shape index (κ3) is 5.17. The standard InChI is InChI=1S/C22H24N2O2S/c1-24(14-11-17-9-12-23-13-10-17)22(25)21(16-20-4-3-15-27-20)18-5-7-19(26-2)8-6-18/h3-10,12-13,15,21H,11,14,16H2,1-2H3. The molecule has 1 atom stereocenters. The lowest BCUT2D eigenvalue weighted by molar-refractivity contribution is -0.131. The van der Waals surface area contributed by atoms with Crippen LogP contribution in [0.1, 0.15) is 21.9 Å². The number of amides is 1. The van der Waals surface area contributed by atoms with Crippen molar-refractivity contribution in [3.63, 3.8) is 0 Å². The molecule has 0 aliphatic carbocycles. The van der Waals surface area contributed by atoms with E-state index in [2.05, 4.69) is 16.4 Å². The summed E-state index contributed by atoms with van der Waals surface area (Å²) in [6.45, 7) is 0.680. The van der Waals surface area contributed by atoms with Crippen LogP contribution in [0.15, 0.2) is 66.3 Å². The third-order valence-corrected chi connectivity index (χ3v) is 5.56. The Labute approximate surface area is 164 Å². The molecular formula is C22H24N2O2S. The molecule has 0 aliphatic rings. The highest BCUT2D eigenvalue weighted by Crippen LogP contribution is 2.27. The molecule has 0 fully saturated rings. The number of rotatable bonds is 8. The van der Waals surface area contributed by atoms with Crippen molar-refractivity contribution in [2.45, 2.75) is 18.8 Å². The maximum Gasteiger partial charge on any atom is 0.230 e. The second-order valence-electron chi connectivity index (χ2n) is 6.47. The Bertz CT molecular complexity index is 833. The first-order chi connectivity index (χ1) is 13.2. The summed E-state index contributed by atoms with van der Waals surface area (Å²) in [5.41, 5.74) is 2.20. The predicted octanol–water partition coefficient (Wildman–Crippen LogP) is 4.18. The predicted molar refractivity (Wildman–Crippen MR) is 109 cm³/mol. The fraction of sp³-hybridized carbons (Fsp3) is 0.273. The molecule has 0 spiro atoms. The van der Waals surface area contributed by atoms with Crippen LogP contribution < -0.4 is 4.74 Å². The summed E-state index contributed by atoms with van der Waals surface area (Å²) in [4.78, 5) is 20.3. The molecule has 0 aliphatic heterocycles. The number of carbonyl (C=O) groups excluding carboxylic acids is 1.